The van der Waals surface area contributed by atoms with Crippen molar-refractivity contribution in [1.29, 1.82) is 0 Å². The molecule has 0 unspecified atom stereocenters. The van der Waals surface area contributed by atoms with Crippen molar-refractivity contribution in [2.24, 2.45) is 0 Å². The zero-order valence-corrected chi connectivity index (χ0v) is 11.8. The van der Waals surface area contributed by atoms with E-state index in [2.05, 4.69) is 27.3 Å². The molecular formula is C12H11BrN2O2S. The van der Waals surface area contributed by atoms with E-state index < -0.39 is 4.92 Å². The van der Waals surface area contributed by atoms with Crippen LogP contribution in [0.25, 0.3) is 0 Å². The van der Waals surface area contributed by atoms with E-state index >= 15 is 0 Å². The second kappa shape index (κ2) is 6.08. The summed E-state index contributed by atoms with van der Waals surface area (Å²) in [6.45, 7) is 1.48. The molecule has 18 heavy (non-hydrogen) atoms. The average molecular weight is 327 g/mol. The van der Waals surface area contributed by atoms with Crippen LogP contribution in [-0.4, -0.2) is 4.92 Å². The molecule has 4 nitrogen and oxygen atoms in total. The highest BCUT2D eigenvalue weighted by Gasteiger charge is 2.08. The van der Waals surface area contributed by atoms with E-state index in [1.54, 1.807) is 17.4 Å². The number of benzene rings is 1. The maximum absolute atomic E-state index is 10.6. The fraction of sp³-hybridized carbons (Fsp3) is 0.167. The van der Waals surface area contributed by atoms with Gasteiger partial charge in [-0.3, -0.25) is 10.1 Å². The molecule has 0 fully saturated rings. The van der Waals surface area contributed by atoms with E-state index in [4.69, 9.17) is 0 Å². The molecule has 6 heteroatoms. The molecule has 2 rings (SSSR count). The van der Waals surface area contributed by atoms with Crippen LogP contribution >= 0.6 is 27.3 Å². The highest BCUT2D eigenvalue weighted by Crippen LogP contribution is 2.23. The monoisotopic (exact) mass is 326 g/mol. The van der Waals surface area contributed by atoms with E-state index in [0.717, 1.165) is 16.6 Å². The Balaban J connectivity index is 1.95. The minimum absolute atomic E-state index is 0.101. The van der Waals surface area contributed by atoms with Crippen molar-refractivity contribution in [1.82, 2.24) is 5.32 Å². The van der Waals surface area contributed by atoms with Crippen LogP contribution in [0.1, 0.15) is 10.4 Å². The molecule has 1 N–H and O–H groups in total. The molecular weight excluding hydrogens is 316 g/mol. The average Bonchev–Trinajstić information content (AvgIpc) is 2.84. The lowest BCUT2D eigenvalue weighted by Gasteiger charge is -2.05. The van der Waals surface area contributed by atoms with Crippen LogP contribution in [0, 0.1) is 10.1 Å². The van der Waals surface area contributed by atoms with E-state index in [1.165, 1.54) is 17.0 Å². The van der Waals surface area contributed by atoms with Crippen molar-refractivity contribution in [3.05, 3.63) is 60.7 Å². The van der Waals surface area contributed by atoms with Gasteiger partial charge in [0.05, 0.1) is 4.92 Å². The fourth-order valence-electron chi connectivity index (χ4n) is 1.53. The van der Waals surface area contributed by atoms with Gasteiger partial charge in [0.1, 0.15) is 0 Å². The first-order valence-electron chi connectivity index (χ1n) is 5.33. The summed E-state index contributed by atoms with van der Waals surface area (Å²) in [5.41, 5.74) is 1.11. The van der Waals surface area contributed by atoms with Crippen LogP contribution in [0.3, 0.4) is 0 Å². The number of non-ortho nitro benzene ring substituents is 1. The molecule has 1 heterocycles. The summed E-state index contributed by atoms with van der Waals surface area (Å²) in [6.07, 6.45) is 0. The molecule has 0 saturated heterocycles. The van der Waals surface area contributed by atoms with Crippen LogP contribution < -0.4 is 5.32 Å². The van der Waals surface area contributed by atoms with Crippen molar-refractivity contribution >= 4 is 33.0 Å². The summed E-state index contributed by atoms with van der Waals surface area (Å²) in [5, 5.41) is 15.9. The van der Waals surface area contributed by atoms with Gasteiger partial charge in [-0.15, -0.1) is 11.3 Å². The number of nitrogens with one attached hydrogen (secondary N) is 1. The number of thiophene rings is 1. The predicted molar refractivity (Wildman–Crippen MR) is 75.7 cm³/mol. The Kier molecular flexibility index (Phi) is 4.46. The Morgan fingerprint density at radius 2 is 2.17 bits per heavy atom. The topological polar surface area (TPSA) is 55.2 Å². The highest BCUT2D eigenvalue weighted by molar-refractivity contribution is 9.10. The summed E-state index contributed by atoms with van der Waals surface area (Å²) < 4.78 is 0.760. The smallest absolute Gasteiger partial charge is 0.270 e. The molecule has 0 aliphatic carbocycles. The first kappa shape index (κ1) is 13.2. The third-order valence-electron chi connectivity index (χ3n) is 2.44. The number of halogens is 1. The molecule has 94 valence electrons. The summed E-state index contributed by atoms with van der Waals surface area (Å²) in [5.74, 6) is 0. The Hall–Kier alpha value is -1.24. The van der Waals surface area contributed by atoms with E-state index in [-0.39, 0.29) is 5.69 Å². The molecule has 2 aromatic rings. The lowest BCUT2D eigenvalue weighted by atomic mass is 10.2. The van der Waals surface area contributed by atoms with E-state index in [0.29, 0.717) is 6.54 Å². The quantitative estimate of drug-likeness (QED) is 0.673. The van der Waals surface area contributed by atoms with Gasteiger partial charge in [-0.1, -0.05) is 22.0 Å². The normalized spacial score (nSPS) is 10.5. The van der Waals surface area contributed by atoms with Gasteiger partial charge in [0.2, 0.25) is 0 Å². The van der Waals surface area contributed by atoms with Gasteiger partial charge in [-0.2, -0.15) is 0 Å². The first-order valence-corrected chi connectivity index (χ1v) is 7.00. The van der Waals surface area contributed by atoms with Gasteiger partial charge in [-0.05, 0) is 23.1 Å². The second-order valence-electron chi connectivity index (χ2n) is 3.72. The van der Waals surface area contributed by atoms with Crippen molar-refractivity contribution in [2.75, 3.05) is 0 Å². The summed E-state index contributed by atoms with van der Waals surface area (Å²) >= 11 is 5.06. The maximum atomic E-state index is 10.6. The van der Waals surface area contributed by atoms with Crippen LogP contribution in [0.2, 0.25) is 0 Å². The second-order valence-corrected chi connectivity index (χ2v) is 5.60. The zero-order chi connectivity index (χ0) is 13.0. The SMILES string of the molecule is O=[N+]([O-])c1ccc(CNCc2cccs2)c(Br)c1. The molecule has 0 amide bonds. The Labute approximate surface area is 117 Å². The Morgan fingerprint density at radius 3 is 2.78 bits per heavy atom. The molecule has 0 atom stereocenters. The standard InChI is InChI=1S/C12H11BrN2O2S/c13-12-6-10(15(16)17)4-3-9(12)7-14-8-11-2-1-5-18-11/h1-6,14H,7-8H2. The van der Waals surface area contributed by atoms with E-state index in [9.17, 15) is 10.1 Å². The lowest BCUT2D eigenvalue weighted by molar-refractivity contribution is -0.384. The lowest BCUT2D eigenvalue weighted by Crippen LogP contribution is -2.12. The van der Waals surface area contributed by atoms with Gasteiger partial charge in [0.15, 0.2) is 0 Å². The van der Waals surface area contributed by atoms with E-state index in [1.807, 2.05) is 11.4 Å². The van der Waals surface area contributed by atoms with Gasteiger partial charge < -0.3 is 5.32 Å². The number of nitrogens with zero attached hydrogens (tertiary/aromatic N) is 1. The number of hydrogen-bond acceptors (Lipinski definition) is 4. The van der Waals surface area contributed by atoms with Gasteiger partial charge in [0.25, 0.3) is 5.69 Å². The number of hydrogen-bond donors (Lipinski definition) is 1. The Morgan fingerprint density at radius 1 is 1.33 bits per heavy atom. The van der Waals surface area contributed by atoms with Crippen LogP contribution in [-0.2, 0) is 13.1 Å². The van der Waals surface area contributed by atoms with Crippen molar-refractivity contribution in [2.45, 2.75) is 13.1 Å². The van der Waals surface area contributed by atoms with Crippen LogP contribution in [0.4, 0.5) is 5.69 Å². The maximum Gasteiger partial charge on any atom is 0.270 e. The highest BCUT2D eigenvalue weighted by atomic mass is 79.9. The molecule has 0 aliphatic rings. The minimum atomic E-state index is -0.395. The minimum Gasteiger partial charge on any atom is -0.308 e. The number of nitro groups is 1. The third-order valence-corrected chi connectivity index (χ3v) is 4.06. The summed E-state index contributed by atoms with van der Waals surface area (Å²) in [4.78, 5) is 11.5. The summed E-state index contributed by atoms with van der Waals surface area (Å²) in [6, 6.07) is 8.91. The number of nitro benzene ring substituents is 1. The zero-order valence-electron chi connectivity index (χ0n) is 9.43. The molecule has 1 aromatic heterocycles. The molecule has 0 radical (unpaired) electrons. The van der Waals surface area contributed by atoms with Crippen molar-refractivity contribution in [3.63, 3.8) is 0 Å². The number of rotatable bonds is 5. The predicted octanol–water partition coefficient (Wildman–Crippen LogP) is 3.71. The van der Waals surface area contributed by atoms with Gasteiger partial charge in [-0.25, -0.2) is 0 Å². The van der Waals surface area contributed by atoms with Gasteiger partial charge >= 0.3 is 0 Å². The molecule has 0 saturated carbocycles. The largest absolute Gasteiger partial charge is 0.308 e. The van der Waals surface area contributed by atoms with Crippen molar-refractivity contribution in [3.8, 4) is 0 Å². The van der Waals surface area contributed by atoms with Crippen LogP contribution in [0.5, 0.6) is 0 Å². The Bertz CT molecular complexity index is 543. The summed E-state index contributed by atoms with van der Waals surface area (Å²) in [7, 11) is 0. The molecule has 0 aliphatic heterocycles. The fourth-order valence-corrected chi connectivity index (χ4v) is 2.71. The molecule has 1 aromatic carbocycles. The first-order chi connectivity index (χ1) is 8.66. The van der Waals surface area contributed by atoms with Gasteiger partial charge in [0, 0.05) is 34.6 Å². The molecule has 0 spiro atoms. The third kappa shape index (κ3) is 3.38. The van der Waals surface area contributed by atoms with Crippen molar-refractivity contribution < 1.29 is 4.92 Å². The molecule has 0 bridgehead atoms. The van der Waals surface area contributed by atoms with Crippen LogP contribution in [0.15, 0.2) is 40.2 Å².